The van der Waals surface area contributed by atoms with Crippen LogP contribution in [0.1, 0.15) is 79.3 Å². The van der Waals surface area contributed by atoms with Crippen molar-refractivity contribution in [3.05, 3.63) is 16.6 Å². The van der Waals surface area contributed by atoms with E-state index in [0.29, 0.717) is 12.0 Å². The number of thiazole rings is 1. The molecule has 0 saturated heterocycles. The second-order valence-corrected chi connectivity index (χ2v) is 8.78. The SMILES string of the molecule is CCCC(C)(C)C[C@](C)(CC)CC(C)C(=O)NCc1cscn1. The second kappa shape index (κ2) is 8.81. The van der Waals surface area contributed by atoms with Gasteiger partial charge in [0.05, 0.1) is 17.7 Å². The van der Waals surface area contributed by atoms with Crippen LogP contribution in [0.2, 0.25) is 0 Å². The molecule has 1 heterocycles. The van der Waals surface area contributed by atoms with Crippen LogP contribution in [0.25, 0.3) is 0 Å². The minimum Gasteiger partial charge on any atom is -0.350 e. The van der Waals surface area contributed by atoms with Crippen LogP contribution < -0.4 is 5.32 Å². The third kappa shape index (κ3) is 7.03. The quantitative estimate of drug-likeness (QED) is 0.619. The van der Waals surface area contributed by atoms with Crippen molar-refractivity contribution in [3.8, 4) is 0 Å². The number of carbonyl (C=O) groups is 1. The summed E-state index contributed by atoms with van der Waals surface area (Å²) < 4.78 is 0. The lowest BCUT2D eigenvalue weighted by Crippen LogP contribution is -2.34. The molecule has 1 aromatic rings. The lowest BCUT2D eigenvalue weighted by Gasteiger charge is -2.38. The minimum absolute atomic E-state index is 0.0380. The zero-order valence-electron chi connectivity index (χ0n) is 15.7. The fraction of sp³-hybridized carbons (Fsp3) is 0.789. The number of nitrogens with zero attached hydrogens (tertiary/aromatic N) is 1. The Morgan fingerprint density at radius 2 is 2.04 bits per heavy atom. The Morgan fingerprint density at radius 1 is 1.35 bits per heavy atom. The fourth-order valence-corrected chi connectivity index (χ4v) is 4.33. The average Bonchev–Trinajstić information content (AvgIpc) is 2.97. The van der Waals surface area contributed by atoms with Crippen molar-refractivity contribution in [2.45, 2.75) is 80.2 Å². The Kier molecular flexibility index (Phi) is 7.72. The second-order valence-electron chi connectivity index (χ2n) is 8.06. The first-order chi connectivity index (χ1) is 10.7. The van der Waals surface area contributed by atoms with Crippen molar-refractivity contribution in [2.75, 3.05) is 0 Å². The highest BCUT2D eigenvalue weighted by molar-refractivity contribution is 7.07. The molecule has 1 unspecified atom stereocenters. The Balaban J connectivity index is 2.56. The molecule has 0 aliphatic carbocycles. The van der Waals surface area contributed by atoms with Crippen LogP contribution in [-0.2, 0) is 11.3 Å². The molecule has 0 aliphatic rings. The normalized spacial score (nSPS) is 15.9. The zero-order chi connectivity index (χ0) is 17.5. The van der Waals surface area contributed by atoms with E-state index in [-0.39, 0.29) is 17.2 Å². The van der Waals surface area contributed by atoms with E-state index in [1.165, 1.54) is 19.3 Å². The van der Waals surface area contributed by atoms with Crippen LogP contribution in [0.5, 0.6) is 0 Å². The molecule has 1 N–H and O–H groups in total. The Hall–Kier alpha value is -0.900. The van der Waals surface area contributed by atoms with Crippen LogP contribution >= 0.6 is 11.3 Å². The average molecular weight is 339 g/mol. The molecule has 0 radical (unpaired) electrons. The van der Waals surface area contributed by atoms with Gasteiger partial charge in [-0.05, 0) is 30.1 Å². The van der Waals surface area contributed by atoms with Crippen molar-refractivity contribution in [1.82, 2.24) is 10.3 Å². The number of amides is 1. The van der Waals surface area contributed by atoms with E-state index in [9.17, 15) is 4.79 Å². The van der Waals surface area contributed by atoms with E-state index < -0.39 is 0 Å². The maximum Gasteiger partial charge on any atom is 0.223 e. The summed E-state index contributed by atoms with van der Waals surface area (Å²) in [6, 6.07) is 0. The molecule has 23 heavy (non-hydrogen) atoms. The maximum atomic E-state index is 12.4. The number of hydrogen-bond acceptors (Lipinski definition) is 3. The van der Waals surface area contributed by atoms with Crippen LogP contribution in [0.3, 0.4) is 0 Å². The van der Waals surface area contributed by atoms with E-state index in [1.807, 2.05) is 5.38 Å². The Morgan fingerprint density at radius 3 is 2.57 bits per heavy atom. The van der Waals surface area contributed by atoms with Crippen molar-refractivity contribution in [1.29, 1.82) is 0 Å². The van der Waals surface area contributed by atoms with Gasteiger partial charge in [-0.3, -0.25) is 4.79 Å². The number of aromatic nitrogens is 1. The van der Waals surface area contributed by atoms with Gasteiger partial charge in [-0.15, -0.1) is 11.3 Å². The molecule has 2 atom stereocenters. The number of hydrogen-bond donors (Lipinski definition) is 1. The molecule has 0 saturated carbocycles. The van der Waals surface area contributed by atoms with E-state index >= 15 is 0 Å². The van der Waals surface area contributed by atoms with Gasteiger partial charge in [0.2, 0.25) is 5.91 Å². The molecule has 1 aromatic heterocycles. The highest BCUT2D eigenvalue weighted by atomic mass is 32.1. The first kappa shape index (κ1) is 20.1. The molecule has 0 aliphatic heterocycles. The van der Waals surface area contributed by atoms with Crippen molar-refractivity contribution in [3.63, 3.8) is 0 Å². The van der Waals surface area contributed by atoms with Crippen molar-refractivity contribution >= 4 is 17.2 Å². The summed E-state index contributed by atoms with van der Waals surface area (Å²) in [5.74, 6) is 0.182. The first-order valence-corrected chi connectivity index (χ1v) is 9.80. The van der Waals surface area contributed by atoms with E-state index in [1.54, 1.807) is 16.8 Å². The summed E-state index contributed by atoms with van der Waals surface area (Å²) in [5.41, 5.74) is 3.30. The Bertz CT molecular complexity index is 470. The predicted molar refractivity (Wildman–Crippen MR) is 99.4 cm³/mol. The molecule has 0 bridgehead atoms. The molecule has 0 fully saturated rings. The zero-order valence-corrected chi connectivity index (χ0v) is 16.6. The van der Waals surface area contributed by atoms with Gasteiger partial charge in [0, 0.05) is 11.3 Å². The van der Waals surface area contributed by atoms with E-state index in [2.05, 4.69) is 51.8 Å². The monoisotopic (exact) mass is 338 g/mol. The molecule has 0 spiro atoms. The first-order valence-electron chi connectivity index (χ1n) is 8.86. The van der Waals surface area contributed by atoms with Gasteiger partial charge >= 0.3 is 0 Å². The lowest BCUT2D eigenvalue weighted by atomic mass is 9.67. The maximum absolute atomic E-state index is 12.4. The largest absolute Gasteiger partial charge is 0.350 e. The molecule has 132 valence electrons. The molecule has 0 aromatic carbocycles. The van der Waals surface area contributed by atoms with Crippen molar-refractivity contribution in [2.24, 2.45) is 16.7 Å². The summed E-state index contributed by atoms with van der Waals surface area (Å²) in [7, 11) is 0. The molecule has 4 heteroatoms. The fourth-order valence-electron chi connectivity index (χ4n) is 3.77. The van der Waals surface area contributed by atoms with Crippen molar-refractivity contribution < 1.29 is 4.79 Å². The van der Waals surface area contributed by atoms with Gasteiger partial charge in [0.15, 0.2) is 0 Å². The molecule has 1 rings (SSSR count). The molecule has 3 nitrogen and oxygen atoms in total. The van der Waals surface area contributed by atoms with Crippen LogP contribution in [0, 0.1) is 16.7 Å². The summed E-state index contributed by atoms with van der Waals surface area (Å²) in [4.78, 5) is 16.6. The summed E-state index contributed by atoms with van der Waals surface area (Å²) in [6.45, 7) is 14.2. The van der Waals surface area contributed by atoms with Gasteiger partial charge in [0.1, 0.15) is 0 Å². The third-order valence-electron chi connectivity index (χ3n) is 4.86. The van der Waals surface area contributed by atoms with Gasteiger partial charge in [0.25, 0.3) is 0 Å². The van der Waals surface area contributed by atoms with E-state index in [0.717, 1.165) is 18.5 Å². The topological polar surface area (TPSA) is 42.0 Å². The minimum atomic E-state index is 0.0380. The highest BCUT2D eigenvalue weighted by Gasteiger charge is 2.33. The van der Waals surface area contributed by atoms with Gasteiger partial charge in [-0.1, -0.05) is 54.4 Å². The standard InChI is InChI=1S/C19H34N2OS/c1-7-9-18(4,5)13-19(6,8-2)10-15(3)17(22)20-11-16-12-23-14-21-16/h12,14-15H,7-11,13H2,1-6H3,(H,20,22)/t15?,19-/m1/s1. The molecular formula is C19H34N2OS. The third-order valence-corrected chi connectivity index (χ3v) is 5.49. The van der Waals surface area contributed by atoms with Gasteiger partial charge in [-0.2, -0.15) is 0 Å². The predicted octanol–water partition coefficient (Wildman–Crippen LogP) is 5.42. The summed E-state index contributed by atoms with van der Waals surface area (Å²) in [5, 5.41) is 5.01. The van der Waals surface area contributed by atoms with Gasteiger partial charge in [-0.25, -0.2) is 4.98 Å². The van der Waals surface area contributed by atoms with Crippen LogP contribution in [-0.4, -0.2) is 10.9 Å². The smallest absolute Gasteiger partial charge is 0.223 e. The number of carbonyl (C=O) groups excluding carboxylic acids is 1. The highest BCUT2D eigenvalue weighted by Crippen LogP contribution is 2.43. The molecule has 1 amide bonds. The van der Waals surface area contributed by atoms with Crippen LogP contribution in [0.15, 0.2) is 10.9 Å². The molecular weight excluding hydrogens is 304 g/mol. The lowest BCUT2D eigenvalue weighted by molar-refractivity contribution is -0.125. The van der Waals surface area contributed by atoms with Crippen LogP contribution in [0.4, 0.5) is 0 Å². The van der Waals surface area contributed by atoms with E-state index in [4.69, 9.17) is 0 Å². The van der Waals surface area contributed by atoms with Gasteiger partial charge < -0.3 is 5.32 Å². The number of nitrogens with one attached hydrogen (secondary N) is 1. The number of rotatable bonds is 10. The Labute approximate surface area is 146 Å². The summed E-state index contributed by atoms with van der Waals surface area (Å²) >= 11 is 1.56. The summed E-state index contributed by atoms with van der Waals surface area (Å²) in [6.07, 6.45) is 5.70.